The third-order valence-corrected chi connectivity index (χ3v) is 3.20. The Balaban J connectivity index is 1.76. The third kappa shape index (κ3) is 4.59. The predicted octanol–water partition coefficient (Wildman–Crippen LogP) is 0.828. The zero-order valence-corrected chi connectivity index (χ0v) is 11.9. The van der Waals surface area contributed by atoms with Gasteiger partial charge in [-0.2, -0.15) is 0 Å². The van der Waals surface area contributed by atoms with Gasteiger partial charge < -0.3 is 20.1 Å². The summed E-state index contributed by atoms with van der Waals surface area (Å²) < 4.78 is 10.6. The maximum Gasteiger partial charge on any atom is 0.239 e. The van der Waals surface area contributed by atoms with Crippen molar-refractivity contribution in [2.75, 3.05) is 26.4 Å². The molecule has 5 heteroatoms. The Morgan fingerprint density at radius 1 is 1.40 bits per heavy atom. The van der Waals surface area contributed by atoms with E-state index in [4.69, 9.17) is 9.47 Å². The fraction of sp³-hybridized carbons (Fsp3) is 0.533. The maximum absolute atomic E-state index is 11.9. The minimum absolute atomic E-state index is 0.0110. The highest BCUT2D eigenvalue weighted by Crippen LogP contribution is 2.06. The van der Waals surface area contributed by atoms with Gasteiger partial charge in [0.2, 0.25) is 5.91 Å². The van der Waals surface area contributed by atoms with Gasteiger partial charge in [-0.3, -0.25) is 4.79 Å². The Kier molecular flexibility index (Phi) is 5.98. The normalized spacial score (nSPS) is 18.8. The number of hydrogen-bond acceptors (Lipinski definition) is 4. The molecule has 2 rings (SSSR count). The lowest BCUT2D eigenvalue weighted by molar-refractivity contribution is -0.126. The van der Waals surface area contributed by atoms with Crippen molar-refractivity contribution in [3.05, 3.63) is 35.4 Å². The van der Waals surface area contributed by atoms with Crippen LogP contribution in [-0.2, 0) is 27.4 Å². The topological polar surface area (TPSA) is 59.6 Å². The van der Waals surface area contributed by atoms with Crippen LogP contribution in [0.2, 0.25) is 0 Å². The minimum Gasteiger partial charge on any atom is -0.378 e. The van der Waals surface area contributed by atoms with E-state index in [1.54, 1.807) is 0 Å². The van der Waals surface area contributed by atoms with Crippen LogP contribution in [-0.4, -0.2) is 38.3 Å². The first kappa shape index (κ1) is 15.0. The Bertz CT molecular complexity index is 414. The molecule has 0 spiro atoms. The van der Waals surface area contributed by atoms with Gasteiger partial charge >= 0.3 is 0 Å². The molecule has 1 unspecified atom stereocenters. The first-order chi connectivity index (χ1) is 9.79. The molecule has 1 aliphatic rings. The Hall–Kier alpha value is -1.43. The maximum atomic E-state index is 11.9. The van der Waals surface area contributed by atoms with Gasteiger partial charge in [0.25, 0.3) is 0 Å². The summed E-state index contributed by atoms with van der Waals surface area (Å²) in [6.45, 7) is 5.70. The van der Waals surface area contributed by atoms with Crippen LogP contribution in [0.15, 0.2) is 24.3 Å². The number of ether oxygens (including phenoxy) is 2. The van der Waals surface area contributed by atoms with Crippen LogP contribution in [0.3, 0.4) is 0 Å². The average molecular weight is 278 g/mol. The molecule has 0 saturated carbocycles. The molecule has 1 amide bonds. The largest absolute Gasteiger partial charge is 0.378 e. The van der Waals surface area contributed by atoms with Crippen molar-refractivity contribution in [1.29, 1.82) is 0 Å². The molecule has 1 aliphatic heterocycles. The van der Waals surface area contributed by atoms with Crippen LogP contribution in [0.1, 0.15) is 18.1 Å². The molecule has 0 aliphatic carbocycles. The highest BCUT2D eigenvalue weighted by atomic mass is 16.5. The number of nitrogens with one attached hydrogen (secondary N) is 2. The van der Waals surface area contributed by atoms with E-state index in [0.717, 1.165) is 17.7 Å². The second-order valence-electron chi connectivity index (χ2n) is 4.75. The van der Waals surface area contributed by atoms with Gasteiger partial charge in [-0.25, -0.2) is 0 Å². The molecule has 1 aromatic carbocycles. The SMILES string of the molecule is CCOCc1ccc(CNC(=O)C2COCCN2)cc1. The lowest BCUT2D eigenvalue weighted by Crippen LogP contribution is -2.51. The minimum atomic E-state index is -0.235. The molecule has 1 heterocycles. The molecule has 1 saturated heterocycles. The summed E-state index contributed by atoms with van der Waals surface area (Å²) in [4.78, 5) is 11.9. The molecular weight excluding hydrogens is 256 g/mol. The number of carbonyl (C=O) groups excluding carboxylic acids is 1. The number of morpholine rings is 1. The van der Waals surface area contributed by atoms with Crippen molar-refractivity contribution in [3.8, 4) is 0 Å². The molecule has 0 bridgehead atoms. The number of rotatable bonds is 6. The van der Waals surface area contributed by atoms with Crippen molar-refractivity contribution in [1.82, 2.24) is 10.6 Å². The van der Waals surface area contributed by atoms with Crippen LogP contribution in [0.5, 0.6) is 0 Å². The van der Waals surface area contributed by atoms with Crippen LogP contribution >= 0.6 is 0 Å². The van der Waals surface area contributed by atoms with Gasteiger partial charge in [-0.05, 0) is 18.1 Å². The number of benzene rings is 1. The van der Waals surface area contributed by atoms with Crippen LogP contribution in [0, 0.1) is 0 Å². The Labute approximate surface area is 119 Å². The van der Waals surface area contributed by atoms with Gasteiger partial charge in [-0.1, -0.05) is 24.3 Å². The molecule has 1 fully saturated rings. The van der Waals surface area contributed by atoms with E-state index in [1.165, 1.54) is 0 Å². The zero-order chi connectivity index (χ0) is 14.2. The van der Waals surface area contributed by atoms with Crippen molar-refractivity contribution < 1.29 is 14.3 Å². The van der Waals surface area contributed by atoms with Crippen LogP contribution in [0.4, 0.5) is 0 Å². The summed E-state index contributed by atoms with van der Waals surface area (Å²) in [5.41, 5.74) is 2.22. The van der Waals surface area contributed by atoms with Crippen LogP contribution in [0.25, 0.3) is 0 Å². The van der Waals surface area contributed by atoms with Gasteiger partial charge in [0, 0.05) is 19.7 Å². The van der Waals surface area contributed by atoms with Crippen molar-refractivity contribution in [2.24, 2.45) is 0 Å². The summed E-state index contributed by atoms with van der Waals surface area (Å²) in [5, 5.41) is 6.05. The summed E-state index contributed by atoms with van der Waals surface area (Å²) in [7, 11) is 0. The smallest absolute Gasteiger partial charge is 0.239 e. The quantitative estimate of drug-likeness (QED) is 0.809. The molecule has 1 atom stereocenters. The van der Waals surface area contributed by atoms with E-state index in [9.17, 15) is 4.79 Å². The summed E-state index contributed by atoms with van der Waals surface area (Å²) in [6.07, 6.45) is 0. The summed E-state index contributed by atoms with van der Waals surface area (Å²) in [5.74, 6) is -0.0110. The van der Waals surface area contributed by atoms with E-state index in [1.807, 2.05) is 31.2 Å². The monoisotopic (exact) mass is 278 g/mol. The fourth-order valence-corrected chi connectivity index (χ4v) is 2.02. The molecular formula is C15H22N2O3. The second kappa shape index (κ2) is 7.99. The van der Waals surface area contributed by atoms with E-state index in [2.05, 4.69) is 10.6 Å². The molecule has 0 radical (unpaired) electrons. The van der Waals surface area contributed by atoms with Gasteiger partial charge in [-0.15, -0.1) is 0 Å². The molecule has 0 aromatic heterocycles. The molecule has 2 N–H and O–H groups in total. The zero-order valence-electron chi connectivity index (χ0n) is 11.9. The lowest BCUT2D eigenvalue weighted by Gasteiger charge is -2.22. The number of amides is 1. The van der Waals surface area contributed by atoms with Crippen LogP contribution < -0.4 is 10.6 Å². The van der Waals surface area contributed by atoms with Gasteiger partial charge in [0.1, 0.15) is 6.04 Å². The van der Waals surface area contributed by atoms with E-state index >= 15 is 0 Å². The van der Waals surface area contributed by atoms with Crippen molar-refractivity contribution >= 4 is 5.91 Å². The van der Waals surface area contributed by atoms with E-state index < -0.39 is 0 Å². The Morgan fingerprint density at radius 3 is 2.80 bits per heavy atom. The van der Waals surface area contributed by atoms with Crippen molar-refractivity contribution in [2.45, 2.75) is 26.1 Å². The molecule has 110 valence electrons. The Morgan fingerprint density at radius 2 is 2.15 bits per heavy atom. The number of hydrogen-bond donors (Lipinski definition) is 2. The predicted molar refractivity (Wildman–Crippen MR) is 76.2 cm³/mol. The average Bonchev–Trinajstić information content (AvgIpc) is 2.52. The first-order valence-electron chi connectivity index (χ1n) is 7.04. The fourth-order valence-electron chi connectivity index (χ4n) is 2.02. The van der Waals surface area contributed by atoms with E-state index in [0.29, 0.717) is 33.0 Å². The first-order valence-corrected chi connectivity index (χ1v) is 7.04. The van der Waals surface area contributed by atoms with Gasteiger partial charge in [0.15, 0.2) is 0 Å². The van der Waals surface area contributed by atoms with Gasteiger partial charge in [0.05, 0.1) is 19.8 Å². The molecule has 1 aromatic rings. The van der Waals surface area contributed by atoms with E-state index in [-0.39, 0.29) is 11.9 Å². The number of carbonyl (C=O) groups is 1. The standard InChI is InChI=1S/C15H22N2O3/c1-2-19-10-13-5-3-12(4-6-13)9-17-15(18)14-11-20-8-7-16-14/h3-6,14,16H,2,7-11H2,1H3,(H,17,18). The third-order valence-electron chi connectivity index (χ3n) is 3.20. The van der Waals surface area contributed by atoms with Crippen molar-refractivity contribution in [3.63, 3.8) is 0 Å². The molecule has 5 nitrogen and oxygen atoms in total. The lowest BCUT2D eigenvalue weighted by atomic mass is 10.1. The highest BCUT2D eigenvalue weighted by molar-refractivity contribution is 5.81. The second-order valence-corrected chi connectivity index (χ2v) is 4.75. The summed E-state index contributed by atoms with van der Waals surface area (Å²) >= 11 is 0. The molecule has 20 heavy (non-hydrogen) atoms. The summed E-state index contributed by atoms with van der Waals surface area (Å²) in [6, 6.07) is 7.85. The highest BCUT2D eigenvalue weighted by Gasteiger charge is 2.20.